The third-order valence-electron chi connectivity index (χ3n) is 4.77. The van der Waals surface area contributed by atoms with Crippen LogP contribution in [0.5, 0.6) is 0 Å². The van der Waals surface area contributed by atoms with Crippen molar-refractivity contribution < 1.29 is 17.6 Å². The second-order valence-corrected chi connectivity index (χ2v) is 8.97. The van der Waals surface area contributed by atoms with Crippen LogP contribution in [-0.2, 0) is 21.2 Å². The number of halogens is 1. The van der Waals surface area contributed by atoms with Crippen molar-refractivity contribution in [1.82, 2.24) is 0 Å². The lowest BCUT2D eigenvalue weighted by Gasteiger charge is -2.20. The fourth-order valence-electron chi connectivity index (χ4n) is 3.15. The SMILES string of the molecule is Cc1ccc(N2CCCS2(=O)=O)cc1NC(=O)C(C)Cc1ccc(F)cc1. The molecule has 1 fully saturated rings. The van der Waals surface area contributed by atoms with Crippen molar-refractivity contribution in [3.8, 4) is 0 Å². The third-order valence-corrected chi connectivity index (χ3v) is 6.64. The average Bonchev–Trinajstić information content (AvgIpc) is 2.98. The van der Waals surface area contributed by atoms with Crippen LogP contribution in [-0.4, -0.2) is 26.6 Å². The maximum Gasteiger partial charge on any atom is 0.235 e. The summed E-state index contributed by atoms with van der Waals surface area (Å²) in [6, 6.07) is 11.4. The molecule has 3 rings (SSSR count). The Bertz CT molecular complexity index is 942. The molecule has 2 aromatic carbocycles. The zero-order chi connectivity index (χ0) is 19.6. The lowest BCUT2D eigenvalue weighted by Crippen LogP contribution is -2.26. The van der Waals surface area contributed by atoms with Gasteiger partial charge in [0.05, 0.1) is 11.4 Å². The summed E-state index contributed by atoms with van der Waals surface area (Å²) in [7, 11) is -3.27. The second-order valence-electron chi connectivity index (χ2n) is 6.96. The first kappa shape index (κ1) is 19.4. The number of sulfonamides is 1. The molecule has 2 aromatic rings. The van der Waals surface area contributed by atoms with Gasteiger partial charge in [0.15, 0.2) is 0 Å². The molecule has 0 spiro atoms. The van der Waals surface area contributed by atoms with Gasteiger partial charge >= 0.3 is 0 Å². The van der Waals surface area contributed by atoms with E-state index in [4.69, 9.17) is 0 Å². The monoisotopic (exact) mass is 390 g/mol. The lowest BCUT2D eigenvalue weighted by atomic mass is 10.00. The fraction of sp³-hybridized carbons (Fsp3) is 0.350. The van der Waals surface area contributed by atoms with Gasteiger partial charge in [-0.05, 0) is 55.2 Å². The molecule has 0 aromatic heterocycles. The van der Waals surface area contributed by atoms with Crippen molar-refractivity contribution in [1.29, 1.82) is 0 Å². The van der Waals surface area contributed by atoms with Gasteiger partial charge in [-0.3, -0.25) is 9.10 Å². The summed E-state index contributed by atoms with van der Waals surface area (Å²) in [6.07, 6.45) is 1.10. The number of anilines is 2. The van der Waals surface area contributed by atoms with Gasteiger partial charge < -0.3 is 5.32 Å². The molecule has 0 radical (unpaired) electrons. The molecule has 7 heteroatoms. The Kier molecular flexibility index (Phi) is 5.51. The topological polar surface area (TPSA) is 66.5 Å². The zero-order valence-corrected chi connectivity index (χ0v) is 16.2. The fourth-order valence-corrected chi connectivity index (χ4v) is 4.71. The van der Waals surface area contributed by atoms with Gasteiger partial charge in [-0.15, -0.1) is 0 Å². The normalized spacial score (nSPS) is 16.9. The number of nitrogens with one attached hydrogen (secondary N) is 1. The van der Waals surface area contributed by atoms with Crippen molar-refractivity contribution in [2.24, 2.45) is 5.92 Å². The van der Waals surface area contributed by atoms with Crippen LogP contribution in [0.4, 0.5) is 15.8 Å². The van der Waals surface area contributed by atoms with Crippen molar-refractivity contribution in [2.75, 3.05) is 21.9 Å². The van der Waals surface area contributed by atoms with Crippen LogP contribution in [0, 0.1) is 18.7 Å². The van der Waals surface area contributed by atoms with Crippen LogP contribution < -0.4 is 9.62 Å². The van der Waals surface area contributed by atoms with Gasteiger partial charge in [-0.25, -0.2) is 12.8 Å². The highest BCUT2D eigenvalue weighted by molar-refractivity contribution is 7.93. The quantitative estimate of drug-likeness (QED) is 0.850. The summed E-state index contributed by atoms with van der Waals surface area (Å²) < 4.78 is 38.7. The molecule has 27 heavy (non-hydrogen) atoms. The molecule has 1 N–H and O–H groups in total. The van der Waals surface area contributed by atoms with E-state index in [1.807, 2.05) is 19.9 Å². The number of carbonyl (C=O) groups excluding carboxylic acids is 1. The van der Waals surface area contributed by atoms with E-state index in [-0.39, 0.29) is 23.4 Å². The molecule has 5 nitrogen and oxygen atoms in total. The Balaban J connectivity index is 1.73. The van der Waals surface area contributed by atoms with Crippen LogP contribution in [0.25, 0.3) is 0 Å². The number of benzene rings is 2. The third kappa shape index (κ3) is 4.47. The largest absolute Gasteiger partial charge is 0.326 e. The minimum absolute atomic E-state index is 0.150. The first-order valence-corrected chi connectivity index (χ1v) is 10.5. The summed E-state index contributed by atoms with van der Waals surface area (Å²) >= 11 is 0. The van der Waals surface area contributed by atoms with Crippen LogP contribution in [0.1, 0.15) is 24.5 Å². The van der Waals surface area contributed by atoms with Gasteiger partial charge in [0.1, 0.15) is 5.82 Å². The summed E-state index contributed by atoms with van der Waals surface area (Å²) in [6.45, 7) is 4.13. The smallest absolute Gasteiger partial charge is 0.235 e. The molecule has 0 saturated carbocycles. The maximum atomic E-state index is 13.0. The summed E-state index contributed by atoms with van der Waals surface area (Å²) in [5.41, 5.74) is 2.91. The molecule has 1 atom stereocenters. The van der Waals surface area contributed by atoms with Gasteiger partial charge in [0.25, 0.3) is 0 Å². The molecule has 0 aliphatic carbocycles. The number of nitrogens with zero attached hydrogens (tertiary/aromatic N) is 1. The summed E-state index contributed by atoms with van der Waals surface area (Å²) in [4.78, 5) is 12.6. The highest BCUT2D eigenvalue weighted by Gasteiger charge is 2.28. The number of hydrogen-bond acceptors (Lipinski definition) is 3. The number of aryl methyl sites for hydroxylation is 1. The zero-order valence-electron chi connectivity index (χ0n) is 15.4. The number of carbonyl (C=O) groups is 1. The predicted molar refractivity (Wildman–Crippen MR) is 105 cm³/mol. The van der Waals surface area contributed by atoms with Crippen LogP contribution in [0.3, 0.4) is 0 Å². The highest BCUT2D eigenvalue weighted by atomic mass is 32.2. The van der Waals surface area contributed by atoms with E-state index < -0.39 is 10.0 Å². The van der Waals surface area contributed by atoms with E-state index in [2.05, 4.69) is 5.32 Å². The van der Waals surface area contributed by atoms with Crippen LogP contribution >= 0.6 is 0 Å². The van der Waals surface area contributed by atoms with E-state index in [9.17, 15) is 17.6 Å². The predicted octanol–water partition coefficient (Wildman–Crippen LogP) is 3.49. The molecule has 1 aliphatic heterocycles. The van der Waals surface area contributed by atoms with Gasteiger partial charge in [0.2, 0.25) is 15.9 Å². The minimum Gasteiger partial charge on any atom is -0.326 e. The molecule has 1 saturated heterocycles. The number of hydrogen-bond donors (Lipinski definition) is 1. The van der Waals surface area contributed by atoms with E-state index in [0.29, 0.717) is 30.8 Å². The molecule has 0 bridgehead atoms. The maximum absolute atomic E-state index is 13.0. The van der Waals surface area contributed by atoms with Crippen LogP contribution in [0.2, 0.25) is 0 Å². The summed E-state index contributed by atoms with van der Waals surface area (Å²) in [5, 5.41) is 2.90. The van der Waals surface area contributed by atoms with E-state index in [0.717, 1.165) is 11.1 Å². The molecule has 1 aliphatic rings. The first-order valence-electron chi connectivity index (χ1n) is 8.92. The Morgan fingerprint density at radius 3 is 2.56 bits per heavy atom. The average molecular weight is 390 g/mol. The Morgan fingerprint density at radius 2 is 1.93 bits per heavy atom. The van der Waals surface area contributed by atoms with E-state index in [1.54, 1.807) is 24.3 Å². The Hall–Kier alpha value is -2.41. The molecule has 144 valence electrons. The van der Waals surface area contributed by atoms with E-state index >= 15 is 0 Å². The Labute approximate surface area is 159 Å². The number of amides is 1. The molecule has 1 heterocycles. The van der Waals surface area contributed by atoms with Crippen molar-refractivity contribution >= 4 is 27.3 Å². The summed E-state index contributed by atoms with van der Waals surface area (Å²) in [5.74, 6) is -0.630. The molecule has 1 unspecified atom stereocenters. The minimum atomic E-state index is -3.27. The second kappa shape index (κ2) is 7.68. The van der Waals surface area contributed by atoms with Crippen molar-refractivity contribution in [3.63, 3.8) is 0 Å². The van der Waals surface area contributed by atoms with Crippen molar-refractivity contribution in [2.45, 2.75) is 26.7 Å². The number of rotatable bonds is 5. The molecular weight excluding hydrogens is 367 g/mol. The van der Waals surface area contributed by atoms with Gasteiger partial charge in [0, 0.05) is 18.2 Å². The molecule has 1 amide bonds. The lowest BCUT2D eigenvalue weighted by molar-refractivity contribution is -0.119. The highest BCUT2D eigenvalue weighted by Crippen LogP contribution is 2.29. The molecular formula is C20H23FN2O3S. The van der Waals surface area contributed by atoms with Gasteiger partial charge in [-0.1, -0.05) is 25.1 Å². The standard InChI is InChI=1S/C20H23FN2O3S/c1-14-4-9-18(23-10-3-11-27(23,25)26)13-19(14)22-20(24)15(2)12-16-5-7-17(21)8-6-16/h4-9,13,15H,3,10-12H2,1-2H3,(H,22,24). The van der Waals surface area contributed by atoms with Crippen molar-refractivity contribution in [3.05, 3.63) is 59.4 Å². The Morgan fingerprint density at radius 1 is 1.22 bits per heavy atom. The van der Waals surface area contributed by atoms with Crippen LogP contribution in [0.15, 0.2) is 42.5 Å². The van der Waals surface area contributed by atoms with Gasteiger partial charge in [-0.2, -0.15) is 0 Å². The first-order chi connectivity index (χ1) is 12.8. The van der Waals surface area contributed by atoms with E-state index in [1.165, 1.54) is 16.4 Å².